The van der Waals surface area contributed by atoms with Gasteiger partial charge in [-0.3, -0.25) is 13.6 Å². The van der Waals surface area contributed by atoms with Crippen LogP contribution in [0.5, 0.6) is 5.75 Å². The van der Waals surface area contributed by atoms with E-state index in [2.05, 4.69) is 20.0 Å². The molecule has 0 spiro atoms. The molecule has 392 valence electrons. The average Bonchev–Trinajstić information content (AvgIpc) is 4.06. The van der Waals surface area contributed by atoms with Crippen molar-refractivity contribution in [1.29, 1.82) is 0 Å². The van der Waals surface area contributed by atoms with Crippen molar-refractivity contribution in [2.45, 2.75) is 117 Å². The molecule has 0 radical (unpaired) electrons. The van der Waals surface area contributed by atoms with E-state index in [4.69, 9.17) is 32.5 Å². The van der Waals surface area contributed by atoms with E-state index >= 15 is 4.39 Å². The van der Waals surface area contributed by atoms with Crippen LogP contribution in [-0.2, 0) is 44.5 Å². The number of anilines is 2. The summed E-state index contributed by atoms with van der Waals surface area (Å²) in [5.74, 6) is -0.956. The van der Waals surface area contributed by atoms with E-state index in [-0.39, 0.29) is 50.1 Å². The van der Waals surface area contributed by atoms with Crippen LogP contribution >= 0.6 is 7.82 Å². The number of aliphatic hydroxyl groups excluding tert-OH is 1. The maximum absolute atomic E-state index is 15.6. The number of hydrogen-bond donors (Lipinski definition) is 1. The Balaban J connectivity index is 0.899. The van der Waals surface area contributed by atoms with Crippen molar-refractivity contribution in [2.24, 2.45) is 5.92 Å². The zero-order valence-corrected chi connectivity index (χ0v) is 43.4. The van der Waals surface area contributed by atoms with Crippen molar-refractivity contribution in [3.63, 3.8) is 0 Å². The molecule has 4 heterocycles. The third-order valence-electron chi connectivity index (χ3n) is 12.1. The lowest BCUT2D eigenvalue weighted by Gasteiger charge is -2.37. The molecule has 22 heteroatoms. The van der Waals surface area contributed by atoms with E-state index in [1.807, 2.05) is 55.5 Å². The molecular weight excluding hydrogens is 958 g/mol. The molecule has 0 bridgehead atoms. The molecule has 1 unspecified atom stereocenters. The van der Waals surface area contributed by atoms with Gasteiger partial charge in [0.25, 0.3) is 6.33 Å². The number of halogens is 2. The van der Waals surface area contributed by atoms with Gasteiger partial charge >= 0.3 is 19.7 Å². The first kappa shape index (κ1) is 54.1. The zero-order chi connectivity index (χ0) is 52.0. The van der Waals surface area contributed by atoms with Gasteiger partial charge in [-0.2, -0.15) is 9.67 Å². The normalized spacial score (nSPS) is 19.0. The number of phosphoric acid groups is 1. The highest BCUT2D eigenvalue weighted by atomic mass is 31.2. The Labute approximate surface area is 418 Å². The number of nitrogens with zero attached hydrogens (tertiary/aromatic N) is 8. The summed E-state index contributed by atoms with van der Waals surface area (Å²) in [6.07, 6.45) is 2.82. The molecule has 2 aromatic heterocycles. The first-order valence-electron chi connectivity index (χ1n) is 24.2. The molecule has 72 heavy (non-hydrogen) atoms. The molecule has 7 rings (SSSR count). The van der Waals surface area contributed by atoms with Crippen molar-refractivity contribution >= 4 is 25.4 Å². The van der Waals surface area contributed by atoms with Gasteiger partial charge in [-0.25, -0.2) is 32.2 Å². The van der Waals surface area contributed by atoms with Crippen LogP contribution in [-0.4, -0.2) is 105 Å². The predicted octanol–water partition coefficient (Wildman–Crippen LogP) is 7.89. The van der Waals surface area contributed by atoms with Gasteiger partial charge in [-0.05, 0) is 116 Å². The number of rotatable bonds is 20. The van der Waals surface area contributed by atoms with Crippen LogP contribution in [0.25, 0.3) is 5.69 Å². The Morgan fingerprint density at radius 1 is 0.903 bits per heavy atom. The topological polar surface area (TPSA) is 187 Å². The van der Waals surface area contributed by atoms with E-state index in [1.165, 1.54) is 43.3 Å². The highest BCUT2D eigenvalue weighted by Gasteiger charge is 2.46. The van der Waals surface area contributed by atoms with Gasteiger partial charge in [0.15, 0.2) is 0 Å². The third kappa shape index (κ3) is 13.9. The fourth-order valence-electron chi connectivity index (χ4n) is 8.79. The number of benzene rings is 3. The largest absolute Gasteiger partial charge is 0.511 e. The van der Waals surface area contributed by atoms with Gasteiger partial charge < -0.3 is 33.9 Å². The quantitative estimate of drug-likeness (QED) is 0.0343. The number of piperazine rings is 1. The average molecular weight is 1030 g/mol. The second-order valence-electron chi connectivity index (χ2n) is 20.1. The monoisotopic (exact) mass is 1030 g/mol. The van der Waals surface area contributed by atoms with E-state index < -0.39 is 60.8 Å². The molecule has 0 saturated carbocycles. The van der Waals surface area contributed by atoms with Crippen LogP contribution in [0.3, 0.4) is 0 Å². The molecule has 19 nitrogen and oxygen atoms in total. The van der Waals surface area contributed by atoms with E-state index in [0.717, 1.165) is 43.6 Å². The Hall–Kier alpha value is -5.70. The summed E-state index contributed by atoms with van der Waals surface area (Å²) in [6.45, 7) is 18.6. The lowest BCUT2D eigenvalue weighted by atomic mass is 9.87. The van der Waals surface area contributed by atoms with Gasteiger partial charge in [0, 0.05) is 67.1 Å². The number of hydrogen-bond acceptors (Lipinski definition) is 15. The zero-order valence-electron chi connectivity index (χ0n) is 42.5. The maximum atomic E-state index is 15.6. The summed E-state index contributed by atoms with van der Waals surface area (Å²) < 4.78 is 88.7. The highest BCUT2D eigenvalue weighted by Crippen LogP contribution is 2.55. The van der Waals surface area contributed by atoms with Gasteiger partial charge in [0.2, 0.25) is 12.6 Å². The lowest BCUT2D eigenvalue weighted by Crippen LogP contribution is -2.46. The van der Waals surface area contributed by atoms with Gasteiger partial charge in [-0.15, -0.1) is 4.68 Å². The molecule has 0 amide bonds. The second-order valence-corrected chi connectivity index (χ2v) is 21.7. The highest BCUT2D eigenvalue weighted by molar-refractivity contribution is 7.48. The molecule has 2 aliphatic heterocycles. The van der Waals surface area contributed by atoms with Crippen molar-refractivity contribution in [1.82, 2.24) is 24.1 Å². The second kappa shape index (κ2) is 22.6. The van der Waals surface area contributed by atoms with Crippen molar-refractivity contribution < 1.29 is 60.3 Å². The minimum atomic E-state index is -4.01. The summed E-state index contributed by atoms with van der Waals surface area (Å²) in [6, 6.07) is 18.8. The third-order valence-corrected chi connectivity index (χ3v) is 14.1. The molecular formula is C50H68F2N8O11P+. The molecule has 5 aromatic rings. The number of carbonyl (C=O) groups is 1. The number of phosphoric ester groups is 1. The van der Waals surface area contributed by atoms with Crippen molar-refractivity contribution in [3.05, 3.63) is 113 Å². The minimum Gasteiger partial charge on any atom is -0.493 e. The standard InChI is InChI=1S/C50H68F2N8O11P/c1-10-45(35(2)61)60-46(62)59(33-54-60)41-14-12-39(13-15-41)55-21-23-56(24-22-55)40-16-18-42(19-17-40)66-29-37-28-50(67-30-37,43-20-11-38(51)27-44(43)52)31-58-34-57(32-53-58)36(3)69-47(63)65-25-26-68-72(64,70-48(4,5)6)71-49(7,8)9/h11-20,27,32-37,45,61H,10,21-26,28-31H2,1-9H3/q+1/t35-,36?,37+,45-,50-/m0/s1. The number of aliphatic hydroxyl groups is 1. The summed E-state index contributed by atoms with van der Waals surface area (Å²) >= 11 is 0. The minimum absolute atomic E-state index is 0.0486. The summed E-state index contributed by atoms with van der Waals surface area (Å²) in [7, 11) is -4.01. The van der Waals surface area contributed by atoms with Crippen LogP contribution in [0.2, 0.25) is 0 Å². The SMILES string of the molecule is CC[C@@H]([C@H](C)O)n1ncn(-c2ccc(N3CCN(c4ccc(OC[C@@H]5CO[C@@](Cn6c[n+](C(C)OC(=O)OCCOP(=O)(OC(C)(C)C)OC(C)(C)C)cn6)(c6ccc(F)cc6F)C5)cc4)CC3)cc2)c1=O. The van der Waals surface area contributed by atoms with Crippen LogP contribution in [0.1, 0.15) is 93.0 Å². The molecule has 2 fully saturated rings. The summed E-state index contributed by atoms with van der Waals surface area (Å²) in [5, 5.41) is 18.8. The Morgan fingerprint density at radius 3 is 2.10 bits per heavy atom. The lowest BCUT2D eigenvalue weighted by molar-refractivity contribution is -0.754. The van der Waals surface area contributed by atoms with Gasteiger partial charge in [-0.1, -0.05) is 13.0 Å². The number of aromatic nitrogens is 6. The fraction of sp³-hybridized carbons (Fsp3) is 0.540. The fourth-order valence-corrected chi connectivity index (χ4v) is 10.6. The van der Waals surface area contributed by atoms with E-state index in [1.54, 1.807) is 61.7 Å². The van der Waals surface area contributed by atoms with Crippen LogP contribution in [0, 0.1) is 17.6 Å². The van der Waals surface area contributed by atoms with Gasteiger partial charge in [0.05, 0.1) is 48.9 Å². The Kier molecular flexibility index (Phi) is 17.0. The first-order chi connectivity index (χ1) is 34.0. The van der Waals surface area contributed by atoms with Crippen LogP contribution < -0.4 is 24.8 Å². The Bertz CT molecular complexity index is 2680. The number of carbonyl (C=O) groups excluding carboxylic acids is 1. The smallest absolute Gasteiger partial charge is 0.493 e. The maximum Gasteiger partial charge on any atom is 0.511 e. The predicted molar refractivity (Wildman–Crippen MR) is 262 cm³/mol. The van der Waals surface area contributed by atoms with Crippen LogP contribution in [0.4, 0.5) is 25.0 Å². The molecule has 5 atom stereocenters. The van der Waals surface area contributed by atoms with E-state index in [9.17, 15) is 23.7 Å². The molecule has 2 aliphatic rings. The molecule has 3 aromatic carbocycles. The molecule has 1 N–H and O–H groups in total. The van der Waals surface area contributed by atoms with Crippen LogP contribution in [0.15, 0.2) is 90.5 Å². The van der Waals surface area contributed by atoms with Crippen molar-refractivity contribution in [2.75, 3.05) is 62.4 Å². The van der Waals surface area contributed by atoms with Crippen molar-refractivity contribution in [3.8, 4) is 11.4 Å². The summed E-state index contributed by atoms with van der Waals surface area (Å²) in [5.41, 5.74) is -0.202. The van der Waals surface area contributed by atoms with Gasteiger partial charge in [0.1, 0.15) is 42.5 Å². The number of ether oxygens (including phenoxy) is 4. The van der Waals surface area contributed by atoms with E-state index in [0.29, 0.717) is 24.3 Å². The summed E-state index contributed by atoms with van der Waals surface area (Å²) in [4.78, 5) is 30.3. The molecule has 0 aliphatic carbocycles. The first-order valence-corrected chi connectivity index (χ1v) is 25.7. The molecule has 2 saturated heterocycles. The Morgan fingerprint density at radius 2 is 1.51 bits per heavy atom.